The van der Waals surface area contributed by atoms with E-state index in [0.29, 0.717) is 16.7 Å². The number of primary amides is 1. The summed E-state index contributed by atoms with van der Waals surface area (Å²) in [5.74, 6) is -1.44. The van der Waals surface area contributed by atoms with Gasteiger partial charge in [0.2, 0.25) is 5.91 Å². The lowest BCUT2D eigenvalue weighted by Crippen LogP contribution is -2.43. The maximum Gasteiger partial charge on any atom is 0.252 e. The third-order valence-electron chi connectivity index (χ3n) is 6.10. The molecule has 0 spiro atoms. The Hall–Kier alpha value is -3.73. The van der Waals surface area contributed by atoms with Crippen LogP contribution in [0.25, 0.3) is 11.0 Å². The van der Waals surface area contributed by atoms with E-state index in [4.69, 9.17) is 11.5 Å². The predicted octanol–water partition coefficient (Wildman–Crippen LogP) is 2.18. The molecule has 11 heteroatoms. The standard InChI is InChI=1S/C23H29FN8O2/c1-31(2)19(33)12-32-10-8-13-17(7-9-27-23(13)32)28-21-14(20(26)34)11-15(24)22(30-21)29-18-6-4-3-5-16(18)25/h7-11,16,18H,3-6,12,25H2,1-2H3,(H2,26,34)(H2,27,28,29,30)/t16-,18?/m0/s1. The molecule has 1 aliphatic rings. The van der Waals surface area contributed by atoms with Crippen LogP contribution in [0.3, 0.4) is 0 Å². The summed E-state index contributed by atoms with van der Waals surface area (Å²) in [7, 11) is 3.37. The first kappa shape index (κ1) is 23.4. The van der Waals surface area contributed by atoms with E-state index >= 15 is 0 Å². The van der Waals surface area contributed by atoms with Crippen LogP contribution in [0.1, 0.15) is 36.0 Å². The van der Waals surface area contributed by atoms with E-state index in [0.717, 1.165) is 31.7 Å². The van der Waals surface area contributed by atoms with Crippen molar-refractivity contribution in [1.82, 2.24) is 19.4 Å². The smallest absolute Gasteiger partial charge is 0.252 e. The predicted molar refractivity (Wildman–Crippen MR) is 128 cm³/mol. The third-order valence-corrected chi connectivity index (χ3v) is 6.10. The molecule has 1 saturated carbocycles. The number of nitrogens with two attached hydrogens (primary N) is 2. The summed E-state index contributed by atoms with van der Waals surface area (Å²) >= 11 is 0. The SMILES string of the molecule is CN(C)C(=O)Cn1ccc2c(Nc3nc(NC4CCCC[C@@H]4N)c(F)cc3C(N)=O)ccnc21. The highest BCUT2D eigenvalue weighted by atomic mass is 19.1. The summed E-state index contributed by atoms with van der Waals surface area (Å²) in [6.07, 6.45) is 7.04. The van der Waals surface area contributed by atoms with Gasteiger partial charge in [-0.05, 0) is 31.0 Å². The Balaban J connectivity index is 1.68. The van der Waals surface area contributed by atoms with Crippen molar-refractivity contribution in [2.45, 2.75) is 44.3 Å². The molecule has 3 aromatic rings. The molecule has 0 aliphatic heterocycles. The van der Waals surface area contributed by atoms with Gasteiger partial charge in [-0.25, -0.2) is 14.4 Å². The van der Waals surface area contributed by atoms with Gasteiger partial charge in [0, 0.05) is 44.0 Å². The van der Waals surface area contributed by atoms with Gasteiger partial charge < -0.3 is 31.6 Å². The van der Waals surface area contributed by atoms with Gasteiger partial charge in [-0.1, -0.05) is 12.8 Å². The number of carbonyl (C=O) groups excluding carboxylic acids is 2. The molecule has 0 aromatic carbocycles. The molecule has 1 unspecified atom stereocenters. The van der Waals surface area contributed by atoms with E-state index in [1.807, 2.05) is 0 Å². The minimum Gasteiger partial charge on any atom is -0.365 e. The second-order valence-corrected chi connectivity index (χ2v) is 8.73. The lowest BCUT2D eigenvalue weighted by Gasteiger charge is -2.30. The molecule has 0 bridgehead atoms. The Morgan fingerprint density at radius 1 is 1.24 bits per heavy atom. The van der Waals surface area contributed by atoms with Crippen molar-refractivity contribution >= 4 is 40.2 Å². The molecule has 1 fully saturated rings. The first-order valence-corrected chi connectivity index (χ1v) is 11.2. The fraction of sp³-hybridized carbons (Fsp3) is 0.391. The number of nitrogens with zero attached hydrogens (tertiary/aromatic N) is 4. The minimum absolute atomic E-state index is 0.00861. The highest BCUT2D eigenvalue weighted by molar-refractivity contribution is 6.00. The lowest BCUT2D eigenvalue weighted by molar-refractivity contribution is -0.129. The number of halogens is 1. The zero-order valence-corrected chi connectivity index (χ0v) is 19.2. The van der Waals surface area contributed by atoms with Gasteiger partial charge in [0.05, 0.1) is 11.3 Å². The molecule has 4 rings (SSSR count). The Labute approximate surface area is 196 Å². The number of nitrogens with one attached hydrogen (secondary N) is 2. The van der Waals surface area contributed by atoms with Crippen LogP contribution in [0, 0.1) is 5.82 Å². The van der Waals surface area contributed by atoms with Crippen LogP contribution in [-0.2, 0) is 11.3 Å². The fourth-order valence-corrected chi connectivity index (χ4v) is 4.13. The van der Waals surface area contributed by atoms with E-state index in [9.17, 15) is 14.0 Å². The highest BCUT2D eigenvalue weighted by Gasteiger charge is 2.25. The maximum atomic E-state index is 14.8. The van der Waals surface area contributed by atoms with Crippen LogP contribution in [0.15, 0.2) is 30.6 Å². The van der Waals surface area contributed by atoms with E-state index < -0.39 is 11.7 Å². The molecular formula is C23H29FN8O2. The van der Waals surface area contributed by atoms with Gasteiger partial charge in [-0.15, -0.1) is 0 Å². The zero-order valence-electron chi connectivity index (χ0n) is 19.2. The van der Waals surface area contributed by atoms with Crippen LogP contribution in [0.5, 0.6) is 0 Å². The molecule has 10 nitrogen and oxygen atoms in total. The Bertz CT molecular complexity index is 1230. The van der Waals surface area contributed by atoms with Crippen LogP contribution in [-0.4, -0.2) is 57.4 Å². The maximum absolute atomic E-state index is 14.8. The first-order chi connectivity index (χ1) is 16.2. The number of anilines is 3. The molecule has 180 valence electrons. The average molecular weight is 469 g/mol. The molecule has 3 heterocycles. The van der Waals surface area contributed by atoms with Crippen molar-refractivity contribution in [3.63, 3.8) is 0 Å². The average Bonchev–Trinajstić information content (AvgIpc) is 3.20. The number of rotatable bonds is 7. The van der Waals surface area contributed by atoms with Gasteiger partial charge in [0.25, 0.3) is 5.91 Å². The minimum atomic E-state index is -0.811. The molecule has 34 heavy (non-hydrogen) atoms. The number of amides is 2. The van der Waals surface area contributed by atoms with E-state index in [-0.39, 0.29) is 41.7 Å². The number of likely N-dealkylation sites (N-methyl/N-ethyl adjacent to an activating group) is 1. The van der Waals surface area contributed by atoms with Crippen molar-refractivity contribution in [3.8, 4) is 0 Å². The number of pyridine rings is 2. The van der Waals surface area contributed by atoms with Crippen LogP contribution < -0.4 is 22.1 Å². The largest absolute Gasteiger partial charge is 0.365 e. The van der Waals surface area contributed by atoms with Crippen molar-refractivity contribution in [2.24, 2.45) is 11.5 Å². The summed E-state index contributed by atoms with van der Waals surface area (Å²) in [5.41, 5.74) is 12.8. The molecule has 6 N–H and O–H groups in total. The van der Waals surface area contributed by atoms with Gasteiger partial charge in [-0.3, -0.25) is 9.59 Å². The first-order valence-electron chi connectivity index (χ1n) is 11.2. The van der Waals surface area contributed by atoms with Gasteiger partial charge in [0.15, 0.2) is 11.6 Å². The molecule has 0 radical (unpaired) electrons. The third kappa shape index (κ3) is 4.79. The van der Waals surface area contributed by atoms with Gasteiger partial charge in [-0.2, -0.15) is 0 Å². The van der Waals surface area contributed by atoms with E-state index in [1.165, 1.54) is 4.90 Å². The summed E-state index contributed by atoms with van der Waals surface area (Å²) in [6.45, 7) is 0.129. The summed E-state index contributed by atoms with van der Waals surface area (Å²) in [5, 5.41) is 6.91. The number of aromatic nitrogens is 3. The van der Waals surface area contributed by atoms with Crippen molar-refractivity contribution in [2.75, 3.05) is 24.7 Å². The zero-order chi connectivity index (χ0) is 24.4. The molecule has 2 atom stereocenters. The number of fused-ring (bicyclic) bond motifs is 1. The van der Waals surface area contributed by atoms with E-state index in [1.54, 1.807) is 43.2 Å². The summed E-state index contributed by atoms with van der Waals surface area (Å²) in [6, 6.07) is 4.38. The van der Waals surface area contributed by atoms with Crippen molar-refractivity contribution in [1.29, 1.82) is 0 Å². The summed E-state index contributed by atoms with van der Waals surface area (Å²) in [4.78, 5) is 34.4. The highest BCUT2D eigenvalue weighted by Crippen LogP contribution is 2.30. The van der Waals surface area contributed by atoms with Gasteiger partial charge in [0.1, 0.15) is 18.0 Å². The summed E-state index contributed by atoms with van der Waals surface area (Å²) < 4.78 is 16.5. The Morgan fingerprint density at radius 2 is 2.00 bits per heavy atom. The molecule has 3 aromatic heterocycles. The van der Waals surface area contributed by atoms with E-state index in [2.05, 4.69) is 20.6 Å². The second kappa shape index (κ2) is 9.64. The fourth-order valence-electron chi connectivity index (χ4n) is 4.13. The Kier molecular flexibility index (Phi) is 6.64. The number of hydrogen-bond donors (Lipinski definition) is 4. The van der Waals surface area contributed by atoms with Crippen molar-refractivity contribution < 1.29 is 14.0 Å². The van der Waals surface area contributed by atoms with Crippen LogP contribution in [0.4, 0.5) is 21.7 Å². The van der Waals surface area contributed by atoms with Crippen LogP contribution >= 0.6 is 0 Å². The monoisotopic (exact) mass is 468 g/mol. The molecule has 2 amide bonds. The molecule has 1 aliphatic carbocycles. The quantitative estimate of drug-likeness (QED) is 0.416. The topological polar surface area (TPSA) is 144 Å². The normalized spacial score (nSPS) is 18.0. The molecule has 0 saturated heterocycles. The van der Waals surface area contributed by atoms with Crippen molar-refractivity contribution in [3.05, 3.63) is 42.0 Å². The Morgan fingerprint density at radius 3 is 2.71 bits per heavy atom. The van der Waals surface area contributed by atoms with Gasteiger partial charge >= 0.3 is 0 Å². The number of hydrogen-bond acceptors (Lipinski definition) is 7. The second-order valence-electron chi connectivity index (χ2n) is 8.73. The molecular weight excluding hydrogens is 439 g/mol. The van der Waals surface area contributed by atoms with Crippen LogP contribution in [0.2, 0.25) is 0 Å². The lowest BCUT2D eigenvalue weighted by atomic mass is 9.91. The number of carbonyl (C=O) groups is 2.